The Morgan fingerprint density at radius 3 is 1.87 bits per heavy atom. The molecule has 358 valence electrons. The van der Waals surface area contributed by atoms with Crippen LogP contribution in [0.15, 0.2) is 267 Å². The highest BCUT2D eigenvalue weighted by Gasteiger charge is 2.25. The lowest BCUT2D eigenvalue weighted by atomic mass is 9.78. The summed E-state index contributed by atoms with van der Waals surface area (Å²) in [6.45, 7) is 4.57. The summed E-state index contributed by atoms with van der Waals surface area (Å²) in [6.07, 6.45) is 6.22. The average molecular weight is 975 g/mol. The third kappa shape index (κ3) is 8.54. The lowest BCUT2D eigenvalue weighted by Crippen LogP contribution is -2.31. The topological polar surface area (TPSA) is 35.9 Å². The van der Waals surface area contributed by atoms with Gasteiger partial charge in [0.2, 0.25) is 0 Å². The van der Waals surface area contributed by atoms with Crippen molar-refractivity contribution in [1.29, 1.82) is 0 Å². The van der Waals surface area contributed by atoms with Gasteiger partial charge in [-0.2, -0.15) is 0 Å². The number of hydrogen-bond acceptors (Lipinski definition) is 2. The number of benzene rings is 10. The minimum absolute atomic E-state index is 0.136. The Hall–Kier alpha value is -9.58. The number of para-hydroxylation sites is 3. The lowest BCUT2D eigenvalue weighted by molar-refractivity contribution is -0.571. The quantitative estimate of drug-likeness (QED) is 0.0903. The van der Waals surface area contributed by atoms with Crippen molar-refractivity contribution >= 4 is 32.8 Å². The van der Waals surface area contributed by atoms with Crippen molar-refractivity contribution in [3.8, 4) is 73.2 Å². The zero-order chi connectivity index (χ0) is 59.0. The highest BCUT2D eigenvalue weighted by Crippen LogP contribution is 2.40. The molecule has 3 aromatic heterocycles. The van der Waals surface area contributed by atoms with Gasteiger partial charge in [0, 0.05) is 28.6 Å². The number of aromatic nitrogens is 4. The van der Waals surface area contributed by atoms with Crippen LogP contribution in [-0.4, -0.2) is 14.1 Å². The molecule has 10 aromatic carbocycles. The van der Waals surface area contributed by atoms with Crippen molar-refractivity contribution in [2.75, 3.05) is 0 Å². The summed E-state index contributed by atoms with van der Waals surface area (Å²) >= 11 is 0. The van der Waals surface area contributed by atoms with Gasteiger partial charge in [-0.15, -0.1) is 0 Å². The number of ether oxygens (including phenoxy) is 1. The van der Waals surface area contributed by atoms with E-state index in [0.29, 0.717) is 28.2 Å². The van der Waals surface area contributed by atoms with Crippen LogP contribution in [0.4, 0.5) is 0 Å². The summed E-state index contributed by atoms with van der Waals surface area (Å²) in [5, 5.41) is 2.06. The molecule has 75 heavy (non-hydrogen) atoms. The van der Waals surface area contributed by atoms with E-state index in [2.05, 4.69) is 116 Å². The molecule has 0 unspecified atom stereocenters. The zero-order valence-electron chi connectivity index (χ0n) is 51.0. The van der Waals surface area contributed by atoms with Gasteiger partial charge in [0.05, 0.1) is 47.1 Å². The largest absolute Gasteiger partial charge is 0.458 e. The molecule has 13 aromatic rings. The fourth-order valence-corrected chi connectivity index (χ4v) is 10.4. The van der Waals surface area contributed by atoms with Crippen LogP contribution in [0.5, 0.6) is 11.5 Å². The van der Waals surface area contributed by atoms with Crippen LogP contribution in [0.25, 0.3) is 94.5 Å². The van der Waals surface area contributed by atoms with E-state index >= 15 is 0 Å². The van der Waals surface area contributed by atoms with Crippen LogP contribution < -0.4 is 9.30 Å². The maximum Gasteiger partial charge on any atom is 0.269 e. The number of rotatable bonds is 12. The fraction of sp³-hybridized carbons (Fsp3) is 0.0571. The van der Waals surface area contributed by atoms with E-state index in [9.17, 15) is 0 Å². The van der Waals surface area contributed by atoms with E-state index in [4.69, 9.17) is 23.4 Å². The molecule has 0 aliphatic rings. The van der Waals surface area contributed by atoms with Gasteiger partial charge < -0.3 is 4.74 Å². The van der Waals surface area contributed by atoms with Gasteiger partial charge in [-0.3, -0.25) is 13.7 Å². The molecule has 0 saturated carbocycles. The smallest absolute Gasteiger partial charge is 0.269 e. The summed E-state index contributed by atoms with van der Waals surface area (Å²) in [4.78, 5) is 5.26. The van der Waals surface area contributed by atoms with Crippen molar-refractivity contribution in [2.45, 2.75) is 25.7 Å². The molecular formula is C70H52N4O. The van der Waals surface area contributed by atoms with Crippen LogP contribution >= 0.6 is 0 Å². The highest BCUT2D eigenvalue weighted by molar-refractivity contribution is 6.10. The molecule has 5 nitrogen and oxygen atoms in total. The lowest BCUT2D eigenvalue weighted by Gasteiger charge is -2.27. The molecular weight excluding hydrogens is 913 g/mol. The molecule has 0 spiro atoms. The maximum atomic E-state index is 9.10. The molecule has 3 heterocycles. The van der Waals surface area contributed by atoms with Crippen LogP contribution in [-0.2, 0) is 11.8 Å². The van der Waals surface area contributed by atoms with Crippen molar-refractivity contribution in [1.82, 2.24) is 14.1 Å². The number of pyridine rings is 1. The van der Waals surface area contributed by atoms with Crippen LogP contribution in [0.3, 0.4) is 0 Å². The SMILES string of the molecule is [2H]c1c([2H])c([2H])c(-c2cccc(-c3c([2H])c([2H])c([2H])c([2H])c3[2H])c2-[n+]2[c-]n(-c3cccc(Oc4ccc5c6cc(-c7ccccc7)ccc6n(-c6cc(CC(C)(C)c7ccccc7)c(-c7ccccc7)cn6)c5c4)c3)c3ccccc32)c([2H])c1[2H]. The fourth-order valence-electron chi connectivity index (χ4n) is 10.4. The normalized spacial score (nSPS) is 13.5. The van der Waals surface area contributed by atoms with Crippen LogP contribution in [0, 0.1) is 6.33 Å². The molecule has 0 bridgehead atoms. The standard InChI is InChI=1S/C70H52N4O/c1-70(2,55-30-16-7-17-31-55)46-54-43-68(71-47-63(54)52-28-14-6-15-29-52)74-64-41-38-53(49-22-8-3-9-23-49)42-62(64)61-40-39-58(45-67(61)74)75-57-33-20-32-56(44-57)72-48-73(66-37-19-18-36-65(66)72)69-59(50-24-10-4-11-25-50)34-21-35-60(69)51-26-12-5-13-27-51/h3-45,47H,46H2,1-2H3/i4D,5D,10D,11D,12D,13D,24D,25D,26D,27D. The monoisotopic (exact) mass is 974 g/mol. The second kappa shape index (κ2) is 19.1. The zero-order valence-corrected chi connectivity index (χ0v) is 41.0. The molecule has 13 rings (SSSR count). The van der Waals surface area contributed by atoms with E-state index in [1.807, 2.05) is 97.2 Å². The number of imidazole rings is 1. The minimum Gasteiger partial charge on any atom is -0.458 e. The van der Waals surface area contributed by atoms with Gasteiger partial charge in [0.15, 0.2) is 0 Å². The molecule has 0 atom stereocenters. The first-order valence-corrected chi connectivity index (χ1v) is 24.8. The van der Waals surface area contributed by atoms with E-state index in [0.717, 1.165) is 61.9 Å². The average Bonchev–Trinajstić information content (AvgIpc) is 2.94. The van der Waals surface area contributed by atoms with Crippen molar-refractivity contribution < 1.29 is 23.0 Å². The number of nitrogens with zero attached hydrogens (tertiary/aromatic N) is 4. The molecule has 0 aliphatic carbocycles. The molecule has 0 radical (unpaired) electrons. The maximum absolute atomic E-state index is 9.10. The summed E-state index contributed by atoms with van der Waals surface area (Å²) < 4.78 is 100. The van der Waals surface area contributed by atoms with Gasteiger partial charge >= 0.3 is 0 Å². The Bertz CT molecular complexity index is 4670. The van der Waals surface area contributed by atoms with Crippen molar-refractivity contribution in [3.63, 3.8) is 0 Å². The minimum atomic E-state index is -0.571. The van der Waals surface area contributed by atoms with Crippen LogP contribution in [0.1, 0.15) is 38.7 Å². The molecule has 0 amide bonds. The molecule has 0 N–H and O–H groups in total. The van der Waals surface area contributed by atoms with Crippen molar-refractivity contribution in [2.24, 2.45) is 0 Å². The first-order chi connectivity index (χ1) is 41.1. The molecule has 0 fully saturated rings. The highest BCUT2D eigenvalue weighted by atomic mass is 16.5. The third-order valence-corrected chi connectivity index (χ3v) is 14.0. The Morgan fingerprint density at radius 1 is 0.507 bits per heavy atom. The Balaban J connectivity index is 0.959. The van der Waals surface area contributed by atoms with E-state index in [-0.39, 0.29) is 33.4 Å². The number of hydrogen-bond donors (Lipinski definition) is 0. The van der Waals surface area contributed by atoms with Gasteiger partial charge in [-0.25, -0.2) is 4.98 Å². The summed E-state index contributed by atoms with van der Waals surface area (Å²) in [5.41, 5.74) is 10.4. The predicted octanol–water partition coefficient (Wildman–Crippen LogP) is 17.2. The van der Waals surface area contributed by atoms with Gasteiger partial charge in [0.25, 0.3) is 6.33 Å². The van der Waals surface area contributed by atoms with Gasteiger partial charge in [0.1, 0.15) is 17.3 Å². The van der Waals surface area contributed by atoms with Gasteiger partial charge in [-0.05, 0) is 110 Å². The summed E-state index contributed by atoms with van der Waals surface area (Å²) in [7, 11) is 0. The third-order valence-electron chi connectivity index (χ3n) is 14.0. The first kappa shape index (κ1) is 35.5. The Kier molecular flexibility index (Phi) is 9.05. The van der Waals surface area contributed by atoms with E-state index in [1.54, 1.807) is 27.3 Å². The summed E-state index contributed by atoms with van der Waals surface area (Å²) in [5.74, 6) is 1.82. The van der Waals surface area contributed by atoms with E-state index in [1.165, 1.54) is 5.56 Å². The summed E-state index contributed by atoms with van der Waals surface area (Å²) in [6, 6.07) is 60.7. The number of fused-ring (bicyclic) bond motifs is 4. The Morgan fingerprint density at radius 2 is 1.15 bits per heavy atom. The van der Waals surface area contributed by atoms with Gasteiger partial charge in [-0.1, -0.05) is 220 Å². The second-order valence-electron chi connectivity index (χ2n) is 19.2. The predicted molar refractivity (Wildman–Crippen MR) is 307 cm³/mol. The molecule has 0 saturated heterocycles. The van der Waals surface area contributed by atoms with Crippen molar-refractivity contribution in [3.05, 3.63) is 284 Å². The van der Waals surface area contributed by atoms with Crippen LogP contribution in [0.2, 0.25) is 0 Å². The first-order valence-electron chi connectivity index (χ1n) is 29.8. The van der Waals surface area contributed by atoms with E-state index < -0.39 is 60.4 Å². The Labute approximate surface area is 451 Å². The molecule has 0 aliphatic heterocycles. The molecule has 5 heteroatoms. The second-order valence-corrected chi connectivity index (χ2v) is 19.2.